The Morgan fingerprint density at radius 2 is 1.86 bits per heavy atom. The molecule has 14 heavy (non-hydrogen) atoms. The fraction of sp³-hybridized carbons (Fsp3) is 0.800. The Labute approximate surface area is 82.9 Å². The van der Waals surface area contributed by atoms with Crippen molar-refractivity contribution in [3.05, 3.63) is 0 Å². The lowest BCUT2D eigenvalue weighted by Gasteiger charge is -2.46. The Bertz CT molecular complexity index is 290. The average molecular weight is 197 g/mol. The normalized spacial score (nSPS) is 33.4. The smallest absolute Gasteiger partial charge is 0.307 e. The molecule has 0 bridgehead atoms. The topological polar surface area (TPSA) is 57.6 Å². The van der Waals surface area contributed by atoms with Gasteiger partial charge in [-0.2, -0.15) is 0 Å². The molecule has 0 unspecified atom stereocenters. The molecule has 0 radical (unpaired) electrons. The quantitative estimate of drug-likeness (QED) is 0.704. The molecule has 1 saturated heterocycles. The van der Waals surface area contributed by atoms with Gasteiger partial charge in [0.15, 0.2) is 0 Å². The Hall–Kier alpha value is -1.06. The zero-order valence-electron chi connectivity index (χ0n) is 8.49. The number of carboxylic acids is 1. The first-order valence-electron chi connectivity index (χ1n) is 4.92. The number of hydrogen-bond donors (Lipinski definition) is 1. The number of hydrogen-bond acceptors (Lipinski definition) is 2. The molecule has 1 heterocycles. The van der Waals surface area contributed by atoms with Crippen LogP contribution in [0.4, 0.5) is 0 Å². The van der Waals surface area contributed by atoms with Crippen molar-refractivity contribution in [3.63, 3.8) is 0 Å². The number of amides is 1. The van der Waals surface area contributed by atoms with Crippen molar-refractivity contribution in [2.45, 2.75) is 20.3 Å². The first-order chi connectivity index (χ1) is 6.41. The standard InChI is InChI=1S/C10H15NO3/c1-10(2)4-11(5-10)8(12)6-3-7(6)9(13)14/h6-7H,3-5H2,1-2H3,(H,13,14)/t6-,7+/m1/s1. The molecule has 0 spiro atoms. The zero-order valence-corrected chi connectivity index (χ0v) is 8.49. The van der Waals surface area contributed by atoms with E-state index in [9.17, 15) is 9.59 Å². The van der Waals surface area contributed by atoms with Crippen molar-refractivity contribution < 1.29 is 14.7 Å². The van der Waals surface area contributed by atoms with E-state index < -0.39 is 11.9 Å². The molecule has 1 aliphatic carbocycles. The zero-order chi connectivity index (χ0) is 10.5. The molecule has 1 N–H and O–H groups in total. The van der Waals surface area contributed by atoms with E-state index in [1.165, 1.54) is 0 Å². The Balaban J connectivity index is 1.85. The maximum Gasteiger partial charge on any atom is 0.307 e. The summed E-state index contributed by atoms with van der Waals surface area (Å²) in [6, 6.07) is 0. The summed E-state index contributed by atoms with van der Waals surface area (Å²) < 4.78 is 0. The minimum absolute atomic E-state index is 0.0386. The minimum Gasteiger partial charge on any atom is -0.481 e. The van der Waals surface area contributed by atoms with Gasteiger partial charge in [0.1, 0.15) is 0 Å². The summed E-state index contributed by atoms with van der Waals surface area (Å²) in [5, 5.41) is 8.68. The highest BCUT2D eigenvalue weighted by atomic mass is 16.4. The molecule has 1 aliphatic heterocycles. The van der Waals surface area contributed by atoms with Gasteiger partial charge in [0, 0.05) is 13.1 Å². The monoisotopic (exact) mass is 197 g/mol. The van der Waals surface area contributed by atoms with E-state index in [-0.39, 0.29) is 17.2 Å². The fourth-order valence-corrected chi connectivity index (χ4v) is 2.12. The van der Waals surface area contributed by atoms with Crippen LogP contribution in [0.5, 0.6) is 0 Å². The summed E-state index contributed by atoms with van der Waals surface area (Å²) in [7, 11) is 0. The number of aliphatic carboxylic acids is 1. The Kier molecular flexibility index (Phi) is 1.84. The van der Waals surface area contributed by atoms with Crippen molar-refractivity contribution in [2.75, 3.05) is 13.1 Å². The lowest BCUT2D eigenvalue weighted by Crippen LogP contribution is -2.56. The molecular weight excluding hydrogens is 182 g/mol. The second kappa shape index (κ2) is 2.72. The summed E-state index contributed by atoms with van der Waals surface area (Å²) in [5.74, 6) is -1.44. The van der Waals surface area contributed by atoms with E-state index >= 15 is 0 Å². The van der Waals surface area contributed by atoms with Crippen LogP contribution in [0.2, 0.25) is 0 Å². The first kappa shape index (κ1) is 9.49. The number of carbonyl (C=O) groups excluding carboxylic acids is 1. The SMILES string of the molecule is CC1(C)CN(C(=O)[C@@H]2C[C@@H]2C(=O)O)C1. The summed E-state index contributed by atoms with van der Waals surface area (Å²) >= 11 is 0. The van der Waals surface area contributed by atoms with Crippen LogP contribution >= 0.6 is 0 Å². The van der Waals surface area contributed by atoms with Crippen molar-refractivity contribution >= 4 is 11.9 Å². The average Bonchev–Trinajstić information content (AvgIpc) is 2.77. The third-order valence-corrected chi connectivity index (χ3v) is 2.97. The van der Waals surface area contributed by atoms with Crippen LogP contribution in [0.25, 0.3) is 0 Å². The molecule has 4 heteroatoms. The third kappa shape index (κ3) is 1.49. The van der Waals surface area contributed by atoms with Crippen molar-refractivity contribution in [1.29, 1.82) is 0 Å². The predicted molar refractivity (Wildman–Crippen MR) is 49.6 cm³/mol. The number of nitrogens with zero attached hydrogens (tertiary/aromatic N) is 1. The molecule has 2 fully saturated rings. The molecule has 2 rings (SSSR count). The second-order valence-corrected chi connectivity index (χ2v) is 5.15. The number of rotatable bonds is 2. The Morgan fingerprint density at radius 1 is 1.29 bits per heavy atom. The van der Waals surface area contributed by atoms with Crippen LogP contribution in [0.1, 0.15) is 20.3 Å². The van der Waals surface area contributed by atoms with Crippen molar-refractivity contribution in [1.82, 2.24) is 4.90 Å². The van der Waals surface area contributed by atoms with E-state index in [0.29, 0.717) is 6.42 Å². The second-order valence-electron chi connectivity index (χ2n) is 5.15. The van der Waals surface area contributed by atoms with Gasteiger partial charge in [0.05, 0.1) is 11.8 Å². The third-order valence-electron chi connectivity index (χ3n) is 2.97. The molecule has 1 saturated carbocycles. The van der Waals surface area contributed by atoms with Gasteiger partial charge in [-0.1, -0.05) is 13.8 Å². The molecule has 78 valence electrons. The molecule has 2 atom stereocenters. The molecular formula is C10H15NO3. The van der Waals surface area contributed by atoms with Crippen LogP contribution < -0.4 is 0 Å². The fourth-order valence-electron chi connectivity index (χ4n) is 2.12. The van der Waals surface area contributed by atoms with Crippen molar-refractivity contribution in [3.8, 4) is 0 Å². The summed E-state index contributed by atoms with van der Waals surface area (Å²) in [5.41, 5.74) is 0.225. The number of carboxylic acid groups (broad SMARTS) is 1. The summed E-state index contributed by atoms with van der Waals surface area (Å²) in [6.45, 7) is 5.76. The van der Waals surface area contributed by atoms with Gasteiger partial charge in [0.25, 0.3) is 0 Å². The van der Waals surface area contributed by atoms with E-state index in [0.717, 1.165) is 13.1 Å². The molecule has 2 aliphatic rings. The number of likely N-dealkylation sites (tertiary alicyclic amines) is 1. The van der Waals surface area contributed by atoms with Gasteiger partial charge in [-0.05, 0) is 11.8 Å². The van der Waals surface area contributed by atoms with E-state index in [1.807, 2.05) is 0 Å². The molecule has 0 aromatic rings. The maximum atomic E-state index is 11.7. The van der Waals surface area contributed by atoms with Gasteiger partial charge < -0.3 is 10.0 Å². The summed E-state index contributed by atoms with van der Waals surface area (Å²) in [6.07, 6.45) is 0.533. The van der Waals surface area contributed by atoms with Gasteiger partial charge in [-0.15, -0.1) is 0 Å². The predicted octanol–water partition coefficient (Wildman–Crippen LogP) is 0.575. The Morgan fingerprint density at radius 3 is 2.21 bits per heavy atom. The van der Waals surface area contributed by atoms with Gasteiger partial charge >= 0.3 is 5.97 Å². The van der Waals surface area contributed by atoms with Gasteiger partial charge in [-0.25, -0.2) is 0 Å². The molecule has 0 aromatic carbocycles. The van der Waals surface area contributed by atoms with Crippen LogP contribution in [-0.2, 0) is 9.59 Å². The molecule has 4 nitrogen and oxygen atoms in total. The largest absolute Gasteiger partial charge is 0.481 e. The van der Waals surface area contributed by atoms with E-state index in [2.05, 4.69) is 13.8 Å². The molecule has 0 aromatic heterocycles. The lowest BCUT2D eigenvalue weighted by molar-refractivity contribution is -0.146. The van der Waals surface area contributed by atoms with Crippen LogP contribution in [-0.4, -0.2) is 35.0 Å². The van der Waals surface area contributed by atoms with Crippen LogP contribution in [0.15, 0.2) is 0 Å². The van der Waals surface area contributed by atoms with Gasteiger partial charge in [0.2, 0.25) is 5.91 Å². The highest BCUT2D eigenvalue weighted by Gasteiger charge is 2.52. The summed E-state index contributed by atoms with van der Waals surface area (Å²) in [4.78, 5) is 24.0. The van der Waals surface area contributed by atoms with Crippen molar-refractivity contribution in [2.24, 2.45) is 17.3 Å². The van der Waals surface area contributed by atoms with Crippen LogP contribution in [0.3, 0.4) is 0 Å². The van der Waals surface area contributed by atoms with Gasteiger partial charge in [-0.3, -0.25) is 9.59 Å². The molecule has 1 amide bonds. The highest BCUT2D eigenvalue weighted by Crippen LogP contribution is 2.42. The van der Waals surface area contributed by atoms with Crippen LogP contribution in [0, 0.1) is 17.3 Å². The van der Waals surface area contributed by atoms with E-state index in [1.54, 1.807) is 4.90 Å². The van der Waals surface area contributed by atoms with E-state index in [4.69, 9.17) is 5.11 Å². The minimum atomic E-state index is -0.830. The number of carbonyl (C=O) groups is 2. The first-order valence-corrected chi connectivity index (χ1v) is 4.92. The maximum absolute atomic E-state index is 11.7. The lowest BCUT2D eigenvalue weighted by atomic mass is 9.84. The highest BCUT2D eigenvalue weighted by molar-refractivity contribution is 5.89.